The zero-order valence-electron chi connectivity index (χ0n) is 9.78. The molecule has 0 bridgehead atoms. The van der Waals surface area contributed by atoms with Crippen molar-refractivity contribution in [1.29, 1.82) is 0 Å². The quantitative estimate of drug-likeness (QED) is 0.539. The van der Waals surface area contributed by atoms with Crippen LogP contribution in [-0.4, -0.2) is 2.78 Å². The maximum Gasteiger partial charge on any atom is 0.235 e. The predicted molar refractivity (Wildman–Crippen MR) is 80.5 cm³/mol. The fraction of sp³-hybridized carbons (Fsp3) is 0.286. The molecule has 1 aliphatic carbocycles. The highest BCUT2D eigenvalue weighted by molar-refractivity contribution is 14.1. The molecule has 92 valence electrons. The number of rotatable bonds is 0. The molecule has 0 unspecified atom stereocenters. The zero-order valence-corrected chi connectivity index (χ0v) is 11.9. The van der Waals surface area contributed by atoms with Gasteiger partial charge in [-0.05, 0) is 37.8 Å². The summed E-state index contributed by atoms with van der Waals surface area (Å²) >= 11 is 2.20. The van der Waals surface area contributed by atoms with Gasteiger partial charge in [-0.2, -0.15) is 0 Å². The Morgan fingerprint density at radius 2 is 1.72 bits per heavy atom. The molecule has 0 N–H and O–H groups in total. The molecule has 0 amide bonds. The number of halogens is 1. The third-order valence-corrected chi connectivity index (χ3v) is 4.62. The number of aromatic nitrogens is 1. The van der Waals surface area contributed by atoms with Gasteiger partial charge in [-0.3, -0.25) is 12.4 Å². The number of fused-ring (bicyclic) bond motifs is 2. The van der Waals surface area contributed by atoms with Crippen molar-refractivity contribution in [2.45, 2.75) is 25.7 Å². The molecule has 18 heavy (non-hydrogen) atoms. The van der Waals surface area contributed by atoms with Crippen LogP contribution >= 0.6 is 22.9 Å². The van der Waals surface area contributed by atoms with E-state index in [-0.39, 0.29) is 10.9 Å². The molecule has 0 radical (unpaired) electrons. The number of nitrogens with zero attached hydrogens (tertiary/aromatic N) is 1. The summed E-state index contributed by atoms with van der Waals surface area (Å²) in [5.74, 6) is 0. The van der Waals surface area contributed by atoms with Crippen molar-refractivity contribution in [3.8, 4) is 0 Å². The number of para-hydroxylation sites is 1. The highest BCUT2D eigenvalue weighted by atomic mass is 127. The van der Waals surface area contributed by atoms with E-state index in [0.29, 0.717) is 5.39 Å². The van der Waals surface area contributed by atoms with Gasteiger partial charge in [-0.1, -0.05) is 12.1 Å². The third-order valence-electron chi connectivity index (χ3n) is 3.52. The van der Waals surface area contributed by atoms with Gasteiger partial charge < -0.3 is 0 Å². The van der Waals surface area contributed by atoms with Crippen LogP contribution in [0.1, 0.15) is 24.1 Å². The van der Waals surface area contributed by atoms with Crippen LogP contribution in [0.25, 0.3) is 10.9 Å². The molecule has 1 aliphatic rings. The van der Waals surface area contributed by atoms with E-state index in [1.165, 1.54) is 0 Å². The van der Waals surface area contributed by atoms with Gasteiger partial charge in [0.15, 0.2) is 0 Å². The van der Waals surface area contributed by atoms with Crippen molar-refractivity contribution in [3.05, 3.63) is 56.0 Å². The lowest BCUT2D eigenvalue weighted by molar-refractivity contribution is 0.667. The second kappa shape index (κ2) is 4.50. The van der Waals surface area contributed by atoms with Gasteiger partial charge in [0.05, 0.1) is 33.8 Å². The lowest BCUT2D eigenvalue weighted by Gasteiger charge is -2.14. The van der Waals surface area contributed by atoms with Crippen LogP contribution in [0, 0.1) is 0 Å². The van der Waals surface area contributed by atoms with Crippen molar-refractivity contribution < 1.29 is 0 Å². The molecule has 0 atom stereocenters. The number of benzene rings is 1. The molecule has 0 spiro atoms. The number of hydrogen-bond donors (Lipinski definition) is 0. The first-order valence-electron chi connectivity index (χ1n) is 6.06. The van der Waals surface area contributed by atoms with Crippen molar-refractivity contribution in [2.24, 2.45) is 0 Å². The Bertz CT molecular complexity index is 749. The summed E-state index contributed by atoms with van der Waals surface area (Å²) in [5, 5.41) is 0.520. The second-order valence-electron chi connectivity index (χ2n) is 4.59. The third kappa shape index (κ3) is 1.70. The van der Waals surface area contributed by atoms with Crippen molar-refractivity contribution in [1.82, 2.24) is 2.78 Å². The summed E-state index contributed by atoms with van der Waals surface area (Å²) in [7, 11) is 0. The molecule has 0 saturated heterocycles. The highest BCUT2D eigenvalue weighted by Gasteiger charge is 2.18. The summed E-state index contributed by atoms with van der Waals surface area (Å²) in [6.45, 7) is 0. The Balaban J connectivity index is 2.63. The maximum atomic E-state index is 12.3. The summed E-state index contributed by atoms with van der Waals surface area (Å²) < 4.78 is 1.99. The zero-order chi connectivity index (χ0) is 12.7. The Hall–Kier alpha value is -1.17. The minimum atomic E-state index is -0.362. The first-order valence-corrected chi connectivity index (χ1v) is 7.02. The second-order valence-corrected chi connectivity index (χ2v) is 5.55. The van der Waals surface area contributed by atoms with Gasteiger partial charge in [0.1, 0.15) is 0 Å². The normalized spacial score (nSPS) is 14.5. The first kappa shape index (κ1) is 11.9. The molecule has 4 heteroatoms. The van der Waals surface area contributed by atoms with Gasteiger partial charge in [0.25, 0.3) is 0 Å². The van der Waals surface area contributed by atoms with Gasteiger partial charge in [-0.15, -0.1) is 0 Å². The van der Waals surface area contributed by atoms with Crippen LogP contribution in [0.4, 0.5) is 0 Å². The van der Waals surface area contributed by atoms with Crippen LogP contribution in [-0.2, 0) is 12.8 Å². The summed E-state index contributed by atoms with van der Waals surface area (Å²) in [6.07, 6.45) is 3.69. The lowest BCUT2D eigenvalue weighted by Crippen LogP contribution is -2.27. The first-order chi connectivity index (χ1) is 8.70. The highest BCUT2D eigenvalue weighted by Crippen LogP contribution is 2.22. The Labute approximate surface area is 118 Å². The van der Waals surface area contributed by atoms with E-state index in [1.54, 1.807) is 12.1 Å². The summed E-state index contributed by atoms with van der Waals surface area (Å²) in [5.41, 5.74) is 1.90. The molecule has 3 nitrogen and oxygen atoms in total. The number of hydrogen-bond acceptors (Lipinski definition) is 2. The van der Waals surface area contributed by atoms with E-state index in [1.807, 2.05) is 14.9 Å². The lowest BCUT2D eigenvalue weighted by atomic mass is 9.97. The molecular formula is C14H12INO2. The standard InChI is InChI=1S/C14H12INO2/c15-16-11-7-3-1-5-9(11)13(17)14(18)10-6-2-4-8-12(10)16/h1,3,5,7H,2,4,6,8H2. The molecule has 0 saturated carbocycles. The summed E-state index contributed by atoms with van der Waals surface area (Å²) in [4.78, 5) is 24.5. The van der Waals surface area contributed by atoms with Crippen molar-refractivity contribution >= 4 is 33.8 Å². The van der Waals surface area contributed by atoms with Gasteiger partial charge in [0.2, 0.25) is 10.9 Å². The van der Waals surface area contributed by atoms with E-state index in [0.717, 1.165) is 42.5 Å². The van der Waals surface area contributed by atoms with Crippen LogP contribution in [0.3, 0.4) is 0 Å². The van der Waals surface area contributed by atoms with Crippen LogP contribution in [0.2, 0.25) is 0 Å². The average molecular weight is 353 g/mol. The Morgan fingerprint density at radius 1 is 1.00 bits per heavy atom. The Kier molecular flexibility index (Phi) is 2.97. The van der Waals surface area contributed by atoms with Gasteiger partial charge in [-0.25, -0.2) is 0 Å². The van der Waals surface area contributed by atoms with E-state index >= 15 is 0 Å². The van der Waals surface area contributed by atoms with Gasteiger partial charge in [0, 0.05) is 11.3 Å². The predicted octanol–water partition coefficient (Wildman–Crippen LogP) is 2.44. The van der Waals surface area contributed by atoms with E-state index < -0.39 is 0 Å². The van der Waals surface area contributed by atoms with E-state index in [9.17, 15) is 9.59 Å². The van der Waals surface area contributed by atoms with Crippen LogP contribution in [0.5, 0.6) is 0 Å². The van der Waals surface area contributed by atoms with Crippen molar-refractivity contribution in [2.75, 3.05) is 0 Å². The fourth-order valence-electron chi connectivity index (χ4n) is 2.59. The van der Waals surface area contributed by atoms with Crippen LogP contribution in [0.15, 0.2) is 33.9 Å². The Morgan fingerprint density at radius 3 is 2.56 bits per heavy atom. The summed E-state index contributed by atoms with van der Waals surface area (Å²) in [6, 6.07) is 7.34. The topological polar surface area (TPSA) is 39.1 Å². The maximum absolute atomic E-state index is 12.3. The fourth-order valence-corrected chi connectivity index (χ4v) is 3.55. The van der Waals surface area contributed by atoms with Crippen molar-refractivity contribution in [3.63, 3.8) is 0 Å². The molecule has 1 heterocycles. The molecule has 3 rings (SSSR count). The molecule has 1 aromatic heterocycles. The minimum absolute atomic E-state index is 0.309. The minimum Gasteiger partial charge on any atom is -0.286 e. The SMILES string of the molecule is O=c1c2c(n(I)c3ccccc3c1=O)CCCC2. The van der Waals surface area contributed by atoms with E-state index in [2.05, 4.69) is 22.9 Å². The van der Waals surface area contributed by atoms with Crippen LogP contribution < -0.4 is 10.9 Å². The average Bonchev–Trinajstić information content (AvgIpc) is 2.51. The monoisotopic (exact) mass is 353 g/mol. The molecule has 1 aromatic carbocycles. The van der Waals surface area contributed by atoms with E-state index in [4.69, 9.17) is 0 Å². The molecular weight excluding hydrogens is 341 g/mol. The largest absolute Gasteiger partial charge is 0.286 e. The van der Waals surface area contributed by atoms with Gasteiger partial charge >= 0.3 is 0 Å². The molecule has 0 fully saturated rings. The molecule has 0 aliphatic heterocycles. The smallest absolute Gasteiger partial charge is 0.235 e. The molecule has 2 aromatic rings.